The molecule has 4 rings (SSSR count). The van der Waals surface area contributed by atoms with Crippen LogP contribution < -0.4 is 4.90 Å². The number of aromatic nitrogens is 2. The zero-order chi connectivity index (χ0) is 17.3. The molecule has 1 fully saturated rings. The summed E-state index contributed by atoms with van der Waals surface area (Å²) in [5.41, 5.74) is 3.24. The maximum Gasteiger partial charge on any atom is 0.218 e. The van der Waals surface area contributed by atoms with Crippen LogP contribution in [0.5, 0.6) is 0 Å². The van der Waals surface area contributed by atoms with E-state index in [1.165, 1.54) is 5.56 Å². The second kappa shape index (κ2) is 6.72. The Morgan fingerprint density at radius 1 is 0.960 bits per heavy atom. The van der Waals surface area contributed by atoms with Gasteiger partial charge in [-0.1, -0.05) is 30.3 Å². The number of fused-ring (bicyclic) bond motifs is 1. The number of anilines is 1. The van der Waals surface area contributed by atoms with Gasteiger partial charge in [-0.25, -0.2) is 8.42 Å². The van der Waals surface area contributed by atoms with E-state index in [4.69, 9.17) is 0 Å². The molecule has 0 radical (unpaired) electrons. The van der Waals surface area contributed by atoms with Crippen LogP contribution in [-0.4, -0.2) is 49.1 Å². The topological polar surface area (TPSA) is 66.4 Å². The van der Waals surface area contributed by atoms with Crippen LogP contribution in [0.2, 0.25) is 0 Å². The van der Waals surface area contributed by atoms with Crippen molar-refractivity contribution in [3.63, 3.8) is 0 Å². The number of benzene rings is 1. The number of sulfonamides is 1. The Morgan fingerprint density at radius 3 is 2.48 bits per heavy atom. The zero-order valence-electron chi connectivity index (χ0n) is 14.1. The highest BCUT2D eigenvalue weighted by atomic mass is 32.2. The number of nitrogens with zero attached hydrogens (tertiary/aromatic N) is 4. The molecule has 1 aromatic carbocycles. The van der Waals surface area contributed by atoms with Crippen molar-refractivity contribution in [2.75, 3.05) is 31.1 Å². The van der Waals surface area contributed by atoms with Gasteiger partial charge in [-0.05, 0) is 36.5 Å². The Labute approximate surface area is 148 Å². The smallest absolute Gasteiger partial charge is 0.218 e. The second-order valence-electron chi connectivity index (χ2n) is 6.66. The molecule has 0 spiro atoms. The van der Waals surface area contributed by atoms with Gasteiger partial charge >= 0.3 is 0 Å². The summed E-state index contributed by atoms with van der Waals surface area (Å²) < 4.78 is 26.9. The highest BCUT2D eigenvalue weighted by molar-refractivity contribution is 7.88. The minimum Gasteiger partial charge on any atom is -0.352 e. The van der Waals surface area contributed by atoms with Crippen molar-refractivity contribution >= 4 is 15.8 Å². The van der Waals surface area contributed by atoms with Gasteiger partial charge in [-0.3, -0.25) is 0 Å². The first kappa shape index (κ1) is 16.5. The molecule has 1 aliphatic heterocycles. The van der Waals surface area contributed by atoms with Gasteiger partial charge < -0.3 is 4.90 Å². The molecule has 1 aromatic heterocycles. The van der Waals surface area contributed by atoms with Gasteiger partial charge in [0.05, 0.1) is 11.4 Å². The van der Waals surface area contributed by atoms with E-state index in [0.717, 1.165) is 36.3 Å². The largest absolute Gasteiger partial charge is 0.352 e. The quantitative estimate of drug-likeness (QED) is 0.831. The van der Waals surface area contributed by atoms with Crippen molar-refractivity contribution in [1.82, 2.24) is 14.5 Å². The Balaban J connectivity index is 1.41. The lowest BCUT2D eigenvalue weighted by Crippen LogP contribution is -2.49. The molecule has 0 bridgehead atoms. The number of aryl methyl sites for hydroxylation is 2. The fourth-order valence-electron chi connectivity index (χ4n) is 3.54. The van der Waals surface area contributed by atoms with Crippen molar-refractivity contribution in [3.05, 3.63) is 53.2 Å². The summed E-state index contributed by atoms with van der Waals surface area (Å²) in [7, 11) is -3.28. The minimum atomic E-state index is -3.28. The van der Waals surface area contributed by atoms with Crippen LogP contribution in [0.3, 0.4) is 0 Å². The molecule has 6 nitrogen and oxygen atoms in total. The molecule has 7 heteroatoms. The summed E-state index contributed by atoms with van der Waals surface area (Å²) in [5, 5.41) is 8.67. The molecule has 0 saturated carbocycles. The molecule has 0 atom stereocenters. The van der Waals surface area contributed by atoms with Crippen LogP contribution in [0.15, 0.2) is 36.4 Å². The first-order valence-corrected chi connectivity index (χ1v) is 10.3. The van der Waals surface area contributed by atoms with Crippen molar-refractivity contribution < 1.29 is 8.42 Å². The predicted octanol–water partition coefficient (Wildman–Crippen LogP) is 1.62. The monoisotopic (exact) mass is 358 g/mol. The second-order valence-corrected chi connectivity index (χ2v) is 8.62. The lowest BCUT2D eigenvalue weighted by molar-refractivity contribution is 0.383. The van der Waals surface area contributed by atoms with Crippen molar-refractivity contribution in [2.24, 2.45) is 0 Å². The fourth-order valence-corrected chi connectivity index (χ4v) is 5.06. The lowest BCUT2D eigenvalue weighted by Gasteiger charge is -2.34. The maximum atomic E-state index is 12.6. The van der Waals surface area contributed by atoms with Gasteiger partial charge in [0.1, 0.15) is 0 Å². The number of piperazine rings is 1. The third-order valence-corrected chi connectivity index (χ3v) is 6.80. The standard InChI is InChI=1S/C18H22N4O2S/c23-25(24,14-15-5-2-1-3-6-15)22-11-9-21(10-12-22)18-13-16-7-4-8-17(16)19-20-18/h1-3,5-6,13H,4,7-12,14H2. The predicted molar refractivity (Wildman–Crippen MR) is 96.9 cm³/mol. The molecule has 2 aromatic rings. The summed E-state index contributed by atoms with van der Waals surface area (Å²) in [5.74, 6) is 0.938. The van der Waals surface area contributed by atoms with Gasteiger partial charge in [0.25, 0.3) is 0 Å². The first-order valence-electron chi connectivity index (χ1n) is 8.74. The first-order chi connectivity index (χ1) is 12.1. The molecule has 1 saturated heterocycles. The van der Waals surface area contributed by atoms with E-state index in [2.05, 4.69) is 21.2 Å². The van der Waals surface area contributed by atoms with E-state index in [1.54, 1.807) is 4.31 Å². The summed E-state index contributed by atoms with van der Waals surface area (Å²) in [6.07, 6.45) is 3.25. The molecular formula is C18H22N4O2S. The highest BCUT2D eigenvalue weighted by Gasteiger charge is 2.28. The maximum absolute atomic E-state index is 12.6. The third-order valence-electron chi connectivity index (χ3n) is 4.95. The molecule has 1 aliphatic carbocycles. The normalized spacial score (nSPS) is 18.3. The van der Waals surface area contributed by atoms with E-state index in [9.17, 15) is 8.42 Å². The third kappa shape index (κ3) is 3.52. The minimum absolute atomic E-state index is 0.0620. The Hall–Kier alpha value is -1.99. The molecule has 2 aliphatic rings. The number of hydrogen-bond donors (Lipinski definition) is 0. The van der Waals surface area contributed by atoms with E-state index < -0.39 is 10.0 Å². The van der Waals surface area contributed by atoms with Crippen molar-refractivity contribution in [1.29, 1.82) is 0 Å². The summed E-state index contributed by atoms with van der Waals surface area (Å²) in [6, 6.07) is 11.5. The zero-order valence-corrected chi connectivity index (χ0v) is 15.0. The Morgan fingerprint density at radius 2 is 1.72 bits per heavy atom. The van der Waals surface area contributed by atoms with Crippen LogP contribution in [0.4, 0.5) is 5.82 Å². The van der Waals surface area contributed by atoms with Crippen LogP contribution in [0, 0.1) is 0 Å². The van der Waals surface area contributed by atoms with Crippen LogP contribution in [0.1, 0.15) is 23.2 Å². The molecular weight excluding hydrogens is 336 g/mol. The van der Waals surface area contributed by atoms with Gasteiger partial charge in [-0.15, -0.1) is 5.10 Å². The van der Waals surface area contributed by atoms with Crippen molar-refractivity contribution in [2.45, 2.75) is 25.0 Å². The fraction of sp³-hybridized carbons (Fsp3) is 0.444. The summed E-state index contributed by atoms with van der Waals surface area (Å²) in [6.45, 7) is 2.30. The summed E-state index contributed by atoms with van der Waals surface area (Å²) >= 11 is 0. The van der Waals surface area contributed by atoms with Crippen molar-refractivity contribution in [3.8, 4) is 0 Å². The lowest BCUT2D eigenvalue weighted by atomic mass is 10.2. The molecule has 0 N–H and O–H groups in total. The van der Waals surface area contributed by atoms with Gasteiger partial charge in [-0.2, -0.15) is 9.40 Å². The Bertz CT molecular complexity index is 847. The molecule has 2 heterocycles. The van der Waals surface area contributed by atoms with Gasteiger partial charge in [0.2, 0.25) is 10.0 Å². The Kier molecular flexibility index (Phi) is 4.43. The van der Waals surface area contributed by atoms with E-state index in [0.29, 0.717) is 26.2 Å². The highest BCUT2D eigenvalue weighted by Crippen LogP contribution is 2.24. The van der Waals surface area contributed by atoms with Crippen LogP contribution in [-0.2, 0) is 28.6 Å². The SMILES string of the molecule is O=S(=O)(Cc1ccccc1)N1CCN(c2cc3c(nn2)CCC3)CC1. The summed E-state index contributed by atoms with van der Waals surface area (Å²) in [4.78, 5) is 2.14. The van der Waals surface area contributed by atoms with E-state index in [1.807, 2.05) is 30.3 Å². The van der Waals surface area contributed by atoms with E-state index in [-0.39, 0.29) is 5.75 Å². The molecule has 0 amide bonds. The van der Waals surface area contributed by atoms with E-state index >= 15 is 0 Å². The molecule has 25 heavy (non-hydrogen) atoms. The number of rotatable bonds is 4. The number of hydrogen-bond acceptors (Lipinski definition) is 5. The molecule has 0 unspecified atom stereocenters. The molecule has 132 valence electrons. The van der Waals surface area contributed by atoms with Crippen LogP contribution >= 0.6 is 0 Å². The average molecular weight is 358 g/mol. The average Bonchev–Trinajstić information content (AvgIpc) is 3.10. The van der Waals surface area contributed by atoms with Crippen LogP contribution in [0.25, 0.3) is 0 Å². The van der Waals surface area contributed by atoms with Gasteiger partial charge in [0, 0.05) is 26.2 Å². The van der Waals surface area contributed by atoms with Gasteiger partial charge in [0.15, 0.2) is 5.82 Å².